The van der Waals surface area contributed by atoms with Crippen LogP contribution in [0.25, 0.3) is 10.6 Å². The Morgan fingerprint density at radius 1 is 1.64 bits per heavy atom. The lowest BCUT2D eigenvalue weighted by molar-refractivity contribution is 0.435. The number of anilines is 1. The number of hydrogen-bond donors (Lipinski definition) is 1. The van der Waals surface area contributed by atoms with Crippen LogP contribution in [0.2, 0.25) is 0 Å². The van der Waals surface area contributed by atoms with E-state index in [1.807, 2.05) is 24.4 Å². The number of rotatable bonds is 3. The normalized spacial score (nSPS) is 10.4. The van der Waals surface area contributed by atoms with Gasteiger partial charge in [-0.05, 0) is 34.3 Å². The zero-order chi connectivity index (χ0) is 9.97. The number of hydrogen-bond acceptors (Lipinski definition) is 4. The molecule has 0 aliphatic heterocycles. The fraction of sp³-hybridized carbons (Fsp3) is 0.222. The molecule has 2 heterocycles. The summed E-state index contributed by atoms with van der Waals surface area (Å²) in [5, 5.41) is 9.06. The molecule has 0 aromatic carbocycles. The Labute approximate surface area is 94.2 Å². The monoisotopic (exact) mass is 272 g/mol. The van der Waals surface area contributed by atoms with Crippen molar-refractivity contribution in [3.8, 4) is 10.6 Å². The molecule has 3 nitrogen and oxygen atoms in total. The van der Waals surface area contributed by atoms with Crippen molar-refractivity contribution in [3.63, 3.8) is 0 Å². The Kier molecular flexibility index (Phi) is 2.88. The lowest BCUT2D eigenvalue weighted by Gasteiger charge is -1.95. The van der Waals surface area contributed by atoms with Crippen LogP contribution in [0.1, 0.15) is 6.92 Å². The predicted molar refractivity (Wildman–Crippen MR) is 61.7 cm³/mol. The molecule has 0 radical (unpaired) electrons. The Bertz CT molecular complexity index is 410. The van der Waals surface area contributed by atoms with Gasteiger partial charge in [0.05, 0.1) is 4.88 Å². The van der Waals surface area contributed by atoms with Crippen molar-refractivity contribution in [3.05, 3.63) is 22.0 Å². The highest BCUT2D eigenvalue weighted by Gasteiger charge is 2.14. The summed E-state index contributed by atoms with van der Waals surface area (Å²) in [6.07, 6.45) is 0. The third-order valence-corrected chi connectivity index (χ3v) is 3.33. The first-order chi connectivity index (χ1) is 6.83. The van der Waals surface area contributed by atoms with E-state index in [1.54, 1.807) is 11.3 Å². The molecule has 0 amide bonds. The maximum absolute atomic E-state index is 5.24. The van der Waals surface area contributed by atoms with Crippen LogP contribution in [0.5, 0.6) is 0 Å². The third kappa shape index (κ3) is 1.69. The molecule has 0 unspecified atom stereocenters. The van der Waals surface area contributed by atoms with Crippen molar-refractivity contribution in [1.82, 2.24) is 5.16 Å². The summed E-state index contributed by atoms with van der Waals surface area (Å²) >= 11 is 5.09. The van der Waals surface area contributed by atoms with Crippen molar-refractivity contribution in [2.24, 2.45) is 0 Å². The summed E-state index contributed by atoms with van der Waals surface area (Å²) in [6, 6.07) is 3.99. The molecule has 0 aliphatic carbocycles. The minimum atomic E-state index is 0.760. The lowest BCUT2D eigenvalue weighted by Crippen LogP contribution is -1.96. The van der Waals surface area contributed by atoms with Crippen molar-refractivity contribution in [2.75, 3.05) is 11.9 Å². The number of halogens is 1. The quantitative estimate of drug-likeness (QED) is 0.928. The highest BCUT2D eigenvalue weighted by atomic mass is 79.9. The first-order valence-electron chi connectivity index (χ1n) is 4.26. The second kappa shape index (κ2) is 4.14. The lowest BCUT2D eigenvalue weighted by atomic mass is 10.3. The summed E-state index contributed by atoms with van der Waals surface area (Å²) in [5.74, 6) is 1.55. The van der Waals surface area contributed by atoms with Crippen LogP contribution in [0.15, 0.2) is 26.5 Å². The van der Waals surface area contributed by atoms with Crippen molar-refractivity contribution >= 4 is 33.1 Å². The SMILES string of the molecule is CCNc1noc(-c2cccs2)c1Br. The average Bonchev–Trinajstić information content (AvgIpc) is 2.77. The first kappa shape index (κ1) is 9.73. The molecule has 0 atom stereocenters. The zero-order valence-corrected chi connectivity index (χ0v) is 9.98. The molecule has 74 valence electrons. The molecule has 0 fully saturated rings. The molecular weight excluding hydrogens is 264 g/mol. The number of nitrogens with zero attached hydrogens (tertiary/aromatic N) is 1. The van der Waals surface area contributed by atoms with E-state index in [0.717, 1.165) is 27.5 Å². The zero-order valence-electron chi connectivity index (χ0n) is 7.58. The molecule has 0 aliphatic rings. The van der Waals surface area contributed by atoms with E-state index in [9.17, 15) is 0 Å². The van der Waals surface area contributed by atoms with Gasteiger partial charge in [0.2, 0.25) is 0 Å². The molecule has 1 N–H and O–H groups in total. The van der Waals surface area contributed by atoms with Crippen LogP contribution in [0.4, 0.5) is 5.82 Å². The van der Waals surface area contributed by atoms with Gasteiger partial charge in [-0.2, -0.15) is 0 Å². The van der Waals surface area contributed by atoms with Crippen molar-refractivity contribution < 1.29 is 4.52 Å². The Morgan fingerprint density at radius 3 is 3.14 bits per heavy atom. The van der Waals surface area contributed by atoms with E-state index in [4.69, 9.17) is 4.52 Å². The van der Waals surface area contributed by atoms with Gasteiger partial charge < -0.3 is 9.84 Å². The molecule has 2 aromatic heterocycles. The smallest absolute Gasteiger partial charge is 0.193 e. The molecule has 2 aromatic rings. The van der Waals surface area contributed by atoms with Gasteiger partial charge in [0.1, 0.15) is 4.47 Å². The summed E-state index contributed by atoms with van der Waals surface area (Å²) in [7, 11) is 0. The summed E-state index contributed by atoms with van der Waals surface area (Å²) < 4.78 is 6.13. The van der Waals surface area contributed by atoms with E-state index < -0.39 is 0 Å². The minimum absolute atomic E-state index is 0.760. The highest BCUT2D eigenvalue weighted by molar-refractivity contribution is 9.10. The van der Waals surface area contributed by atoms with Gasteiger partial charge in [-0.3, -0.25) is 0 Å². The van der Waals surface area contributed by atoms with E-state index in [0.29, 0.717) is 0 Å². The van der Waals surface area contributed by atoms with Crippen molar-refractivity contribution in [1.29, 1.82) is 0 Å². The van der Waals surface area contributed by atoms with Gasteiger partial charge in [-0.15, -0.1) is 11.3 Å². The minimum Gasteiger partial charge on any atom is -0.367 e. The van der Waals surface area contributed by atoms with Gasteiger partial charge in [0.25, 0.3) is 0 Å². The standard InChI is InChI=1S/C9H9BrN2OS/c1-2-11-9-7(10)8(13-12-9)6-4-3-5-14-6/h3-5H,2H2,1H3,(H,11,12). The van der Waals surface area contributed by atoms with Crippen LogP contribution in [0, 0.1) is 0 Å². The van der Waals surface area contributed by atoms with Crippen molar-refractivity contribution in [2.45, 2.75) is 6.92 Å². The number of nitrogens with one attached hydrogen (secondary N) is 1. The molecule has 5 heteroatoms. The molecule has 0 spiro atoms. The van der Waals surface area contributed by atoms with Crippen LogP contribution in [0.3, 0.4) is 0 Å². The van der Waals surface area contributed by atoms with Gasteiger partial charge in [0, 0.05) is 6.54 Å². The fourth-order valence-corrected chi connectivity index (χ4v) is 2.45. The summed E-state index contributed by atoms with van der Waals surface area (Å²) in [4.78, 5) is 1.08. The van der Waals surface area contributed by atoms with Gasteiger partial charge in [0.15, 0.2) is 11.6 Å². The van der Waals surface area contributed by atoms with Crippen LogP contribution in [-0.4, -0.2) is 11.7 Å². The number of thiophene rings is 1. The highest BCUT2D eigenvalue weighted by Crippen LogP contribution is 2.36. The number of aromatic nitrogens is 1. The maximum atomic E-state index is 5.24. The first-order valence-corrected chi connectivity index (χ1v) is 5.93. The molecule has 2 rings (SSSR count). The third-order valence-electron chi connectivity index (χ3n) is 1.72. The second-order valence-electron chi connectivity index (χ2n) is 2.68. The second-order valence-corrected chi connectivity index (χ2v) is 4.42. The largest absolute Gasteiger partial charge is 0.367 e. The molecule has 0 saturated carbocycles. The van der Waals surface area contributed by atoms with Gasteiger partial charge in [-0.25, -0.2) is 0 Å². The van der Waals surface area contributed by atoms with E-state index in [-0.39, 0.29) is 0 Å². The topological polar surface area (TPSA) is 38.1 Å². The van der Waals surface area contributed by atoms with Gasteiger partial charge >= 0.3 is 0 Å². The maximum Gasteiger partial charge on any atom is 0.193 e. The Hall–Kier alpha value is -0.810. The molecule has 14 heavy (non-hydrogen) atoms. The average molecular weight is 273 g/mol. The van der Waals surface area contributed by atoms with E-state index in [1.165, 1.54) is 0 Å². The van der Waals surface area contributed by atoms with Crippen LogP contribution in [-0.2, 0) is 0 Å². The van der Waals surface area contributed by atoms with Crippen LogP contribution < -0.4 is 5.32 Å². The van der Waals surface area contributed by atoms with Crippen LogP contribution >= 0.6 is 27.3 Å². The van der Waals surface area contributed by atoms with E-state index >= 15 is 0 Å². The summed E-state index contributed by atoms with van der Waals surface area (Å²) in [6.45, 7) is 2.85. The Morgan fingerprint density at radius 2 is 2.50 bits per heavy atom. The van der Waals surface area contributed by atoms with Gasteiger partial charge in [-0.1, -0.05) is 11.2 Å². The van der Waals surface area contributed by atoms with E-state index in [2.05, 4.69) is 26.4 Å². The summed E-state index contributed by atoms with van der Waals surface area (Å²) in [5.41, 5.74) is 0. The Balaban J connectivity index is 2.36. The molecule has 0 saturated heterocycles. The molecular formula is C9H9BrN2OS. The predicted octanol–water partition coefficient (Wildman–Crippen LogP) is 3.60. The molecule has 0 bridgehead atoms. The fourth-order valence-electron chi connectivity index (χ4n) is 1.12.